The van der Waals surface area contributed by atoms with Gasteiger partial charge in [0.1, 0.15) is 25.0 Å². The van der Waals surface area contributed by atoms with Crippen LogP contribution in [0.5, 0.6) is 11.5 Å². The molecule has 1 aliphatic rings. The Kier molecular flexibility index (Phi) is 9.36. The Bertz CT molecular complexity index is 931. The molecule has 1 amide bonds. The molecular weight excluding hydrogens is 454 g/mol. The highest BCUT2D eigenvalue weighted by atomic mass is 16.7. The van der Waals surface area contributed by atoms with Crippen molar-refractivity contribution in [3.63, 3.8) is 0 Å². The molecule has 0 radical (unpaired) electrons. The Labute approximate surface area is 195 Å². The summed E-state index contributed by atoms with van der Waals surface area (Å²) in [4.78, 5) is 58.1. The Morgan fingerprint density at radius 2 is 1.62 bits per heavy atom. The van der Waals surface area contributed by atoms with Gasteiger partial charge >= 0.3 is 17.9 Å². The first-order valence-corrected chi connectivity index (χ1v) is 10.3. The van der Waals surface area contributed by atoms with Gasteiger partial charge in [0.25, 0.3) is 0 Å². The molecule has 2 rings (SSSR count). The van der Waals surface area contributed by atoms with Gasteiger partial charge in [0, 0.05) is 33.3 Å². The number of benzene rings is 1. The maximum atomic E-state index is 12.0. The smallest absolute Gasteiger partial charge is 0.303 e. The van der Waals surface area contributed by atoms with Crippen molar-refractivity contribution in [3.05, 3.63) is 23.8 Å². The zero-order valence-electron chi connectivity index (χ0n) is 19.4. The van der Waals surface area contributed by atoms with Gasteiger partial charge in [-0.3, -0.25) is 24.0 Å². The van der Waals surface area contributed by atoms with E-state index in [0.29, 0.717) is 11.8 Å². The fourth-order valence-electron chi connectivity index (χ4n) is 3.37. The molecule has 12 nitrogen and oxygen atoms in total. The first-order chi connectivity index (χ1) is 16.0. The lowest BCUT2D eigenvalue weighted by atomic mass is 9.96. The van der Waals surface area contributed by atoms with Crippen molar-refractivity contribution in [1.29, 1.82) is 0 Å². The molecule has 1 aliphatic heterocycles. The van der Waals surface area contributed by atoms with Gasteiger partial charge in [0.2, 0.25) is 12.2 Å². The number of amides is 1. The van der Waals surface area contributed by atoms with Crippen LogP contribution in [0.15, 0.2) is 18.2 Å². The lowest BCUT2D eigenvalue weighted by Gasteiger charge is -2.44. The van der Waals surface area contributed by atoms with Crippen LogP contribution in [-0.4, -0.2) is 74.5 Å². The molecule has 0 saturated carbocycles. The average Bonchev–Trinajstić information content (AvgIpc) is 2.75. The van der Waals surface area contributed by atoms with Crippen LogP contribution in [0, 0.1) is 0 Å². The molecule has 0 spiro atoms. The van der Waals surface area contributed by atoms with Crippen molar-refractivity contribution >= 4 is 30.1 Å². The van der Waals surface area contributed by atoms with Gasteiger partial charge in [-0.05, 0) is 18.2 Å². The first-order valence-electron chi connectivity index (χ1n) is 10.3. The highest BCUT2D eigenvalue weighted by Gasteiger charge is 2.52. The number of nitrogens with one attached hydrogen (secondary N) is 1. The van der Waals surface area contributed by atoms with E-state index in [9.17, 15) is 24.0 Å². The zero-order valence-corrected chi connectivity index (χ0v) is 19.4. The first kappa shape index (κ1) is 26.6. The van der Waals surface area contributed by atoms with Crippen LogP contribution in [0.4, 0.5) is 0 Å². The van der Waals surface area contributed by atoms with E-state index in [4.69, 9.17) is 28.4 Å². The molecular formula is C22H27NO11. The molecule has 1 saturated heterocycles. The summed E-state index contributed by atoms with van der Waals surface area (Å²) < 4.78 is 32.9. The van der Waals surface area contributed by atoms with E-state index in [-0.39, 0.29) is 18.1 Å². The van der Waals surface area contributed by atoms with E-state index >= 15 is 0 Å². The normalized spacial score (nSPS) is 23.7. The summed E-state index contributed by atoms with van der Waals surface area (Å²) in [5, 5.41) is 2.59. The summed E-state index contributed by atoms with van der Waals surface area (Å²) in [5.41, 5.74) is 0.326. The van der Waals surface area contributed by atoms with Crippen LogP contribution in [0.2, 0.25) is 0 Å². The van der Waals surface area contributed by atoms with Crippen LogP contribution in [-0.2, 0) is 38.1 Å². The zero-order chi connectivity index (χ0) is 25.4. The van der Waals surface area contributed by atoms with Crippen LogP contribution < -0.4 is 14.8 Å². The van der Waals surface area contributed by atoms with E-state index in [1.165, 1.54) is 39.2 Å². The van der Waals surface area contributed by atoms with Gasteiger partial charge in [0.15, 0.2) is 23.7 Å². The van der Waals surface area contributed by atoms with E-state index in [1.54, 1.807) is 0 Å². The van der Waals surface area contributed by atoms with Gasteiger partial charge in [0.05, 0.1) is 7.11 Å². The van der Waals surface area contributed by atoms with E-state index < -0.39 is 54.5 Å². The molecule has 1 heterocycles. The van der Waals surface area contributed by atoms with Crippen LogP contribution in [0.25, 0.3) is 0 Å². The Balaban J connectivity index is 2.51. The van der Waals surface area contributed by atoms with E-state index in [0.717, 1.165) is 13.8 Å². The topological polar surface area (TPSA) is 153 Å². The second-order valence-electron chi connectivity index (χ2n) is 7.37. The van der Waals surface area contributed by atoms with Crippen LogP contribution in [0.1, 0.15) is 38.1 Å². The summed E-state index contributed by atoms with van der Waals surface area (Å²) in [5.74, 6) is -2.24. The lowest BCUT2D eigenvalue weighted by Crippen LogP contribution is -2.67. The highest BCUT2D eigenvalue weighted by Crippen LogP contribution is 2.33. The number of rotatable bonds is 9. The summed E-state index contributed by atoms with van der Waals surface area (Å²) in [6.45, 7) is 4.33. The third-order valence-electron chi connectivity index (χ3n) is 4.64. The number of carbonyl (C=O) groups is 5. The van der Waals surface area contributed by atoms with E-state index in [2.05, 4.69) is 5.32 Å². The molecule has 0 aromatic heterocycles. The molecule has 1 fully saturated rings. The number of ether oxygens (including phenoxy) is 6. The predicted octanol–water partition coefficient (Wildman–Crippen LogP) is 0.543. The molecule has 1 aromatic rings. The van der Waals surface area contributed by atoms with Crippen molar-refractivity contribution in [3.8, 4) is 11.5 Å². The molecule has 1 aromatic carbocycles. The van der Waals surface area contributed by atoms with Gasteiger partial charge in [-0.1, -0.05) is 0 Å². The lowest BCUT2D eigenvalue weighted by molar-refractivity contribution is -0.257. The number of hydrogen-bond acceptors (Lipinski definition) is 11. The van der Waals surface area contributed by atoms with Crippen LogP contribution in [0.3, 0.4) is 0 Å². The monoisotopic (exact) mass is 481 g/mol. The molecule has 0 aliphatic carbocycles. The van der Waals surface area contributed by atoms with Gasteiger partial charge < -0.3 is 33.7 Å². The quantitative estimate of drug-likeness (QED) is 0.299. The fourth-order valence-corrected chi connectivity index (χ4v) is 3.37. The predicted molar refractivity (Wildman–Crippen MR) is 113 cm³/mol. The molecule has 5 atom stereocenters. The number of methoxy groups -OCH3 is 1. The third kappa shape index (κ3) is 7.17. The van der Waals surface area contributed by atoms with Crippen molar-refractivity contribution in [2.24, 2.45) is 0 Å². The molecule has 0 unspecified atom stereocenters. The molecule has 1 N–H and O–H groups in total. The number of carbonyl (C=O) groups excluding carboxylic acids is 5. The largest absolute Gasteiger partial charge is 0.493 e. The summed E-state index contributed by atoms with van der Waals surface area (Å²) >= 11 is 0. The van der Waals surface area contributed by atoms with Crippen molar-refractivity contribution in [2.45, 2.75) is 58.3 Å². The molecule has 12 heteroatoms. The Morgan fingerprint density at radius 3 is 2.15 bits per heavy atom. The Morgan fingerprint density at radius 1 is 0.971 bits per heavy atom. The van der Waals surface area contributed by atoms with Crippen molar-refractivity contribution < 1.29 is 52.4 Å². The SMILES string of the molecule is COc1cc(C=O)ccc1O[C@H]1O[C@@H](COC(C)=O)[C@@H](OC(C)=O)[C@H](OC(C)=O)[C@@H]1NC(C)=O. The maximum Gasteiger partial charge on any atom is 0.303 e. The minimum Gasteiger partial charge on any atom is -0.493 e. The standard InChI is InChI=1S/C22H27NO11/c1-11(25)23-19-21(32-14(4)28)20(31-13(3)27)18(10-30-12(2)26)34-22(19)33-16-7-6-15(9-24)8-17(16)29-5/h6-9,18-22H,10H2,1-5H3,(H,23,25)/t18-,19-,20+,21+,22-/m0/s1. The van der Waals surface area contributed by atoms with E-state index in [1.807, 2.05) is 0 Å². The number of aldehydes is 1. The van der Waals surface area contributed by atoms with Crippen molar-refractivity contribution in [1.82, 2.24) is 5.32 Å². The fraction of sp³-hybridized carbons (Fsp3) is 0.500. The summed E-state index contributed by atoms with van der Waals surface area (Å²) in [7, 11) is 1.37. The van der Waals surface area contributed by atoms with Gasteiger partial charge in [-0.25, -0.2) is 0 Å². The Hall–Kier alpha value is -3.67. The minimum absolute atomic E-state index is 0.146. The van der Waals surface area contributed by atoms with Crippen LogP contribution >= 0.6 is 0 Å². The third-order valence-corrected chi connectivity index (χ3v) is 4.64. The van der Waals surface area contributed by atoms with Crippen molar-refractivity contribution in [2.75, 3.05) is 13.7 Å². The number of esters is 3. The summed E-state index contributed by atoms with van der Waals surface area (Å²) in [6, 6.07) is 3.22. The highest BCUT2D eigenvalue weighted by molar-refractivity contribution is 5.76. The molecule has 186 valence electrons. The number of hydrogen-bond donors (Lipinski definition) is 1. The average molecular weight is 481 g/mol. The molecule has 0 bridgehead atoms. The minimum atomic E-state index is -1.31. The summed E-state index contributed by atoms with van der Waals surface area (Å²) in [6.07, 6.45) is -4.30. The second-order valence-corrected chi connectivity index (χ2v) is 7.37. The second kappa shape index (κ2) is 12.0. The maximum absolute atomic E-state index is 12.0. The van der Waals surface area contributed by atoms with Gasteiger partial charge in [-0.15, -0.1) is 0 Å². The van der Waals surface area contributed by atoms with Gasteiger partial charge in [-0.2, -0.15) is 0 Å². The molecule has 34 heavy (non-hydrogen) atoms.